The normalized spacial score (nSPS) is 10.8. The predicted octanol–water partition coefficient (Wildman–Crippen LogP) is 5.86. The zero-order valence-electron chi connectivity index (χ0n) is 11.2. The standard InChI is InChI=1S/C15H10BrFN2S3/c16-11-3-1-10(2-4-11)9-21-14-18-19(15(20)22-14)13-7-5-12(17)6-8-13/h1-8H,9H2. The van der Waals surface area contributed by atoms with Crippen molar-refractivity contribution in [3.05, 3.63) is 68.3 Å². The van der Waals surface area contributed by atoms with Crippen molar-refractivity contribution < 1.29 is 4.39 Å². The van der Waals surface area contributed by atoms with Crippen LogP contribution in [0.5, 0.6) is 0 Å². The lowest BCUT2D eigenvalue weighted by Gasteiger charge is -2.00. The van der Waals surface area contributed by atoms with E-state index in [9.17, 15) is 4.39 Å². The molecule has 2 aromatic carbocycles. The molecule has 22 heavy (non-hydrogen) atoms. The number of nitrogens with zero attached hydrogens (tertiary/aromatic N) is 2. The molecule has 0 bridgehead atoms. The van der Waals surface area contributed by atoms with Gasteiger partial charge in [-0.1, -0.05) is 51.2 Å². The van der Waals surface area contributed by atoms with Crippen LogP contribution >= 0.6 is 51.2 Å². The minimum atomic E-state index is -0.268. The molecule has 7 heteroatoms. The van der Waals surface area contributed by atoms with E-state index in [2.05, 4.69) is 33.2 Å². The Hall–Kier alpha value is -1.02. The molecular formula is C15H10BrFN2S3. The lowest BCUT2D eigenvalue weighted by Crippen LogP contribution is -1.96. The molecule has 0 aliphatic heterocycles. The molecule has 3 rings (SSSR count). The van der Waals surface area contributed by atoms with Gasteiger partial charge in [0.05, 0.1) is 5.69 Å². The Balaban J connectivity index is 1.76. The van der Waals surface area contributed by atoms with Crippen molar-refractivity contribution in [1.82, 2.24) is 9.78 Å². The summed E-state index contributed by atoms with van der Waals surface area (Å²) in [5.74, 6) is 0.564. The van der Waals surface area contributed by atoms with Crippen molar-refractivity contribution in [1.29, 1.82) is 0 Å². The van der Waals surface area contributed by atoms with E-state index in [1.807, 2.05) is 12.1 Å². The van der Waals surface area contributed by atoms with Crippen LogP contribution in [0, 0.1) is 9.77 Å². The Morgan fingerprint density at radius 1 is 1.14 bits per heavy atom. The molecular weight excluding hydrogens is 403 g/mol. The number of benzene rings is 2. The summed E-state index contributed by atoms with van der Waals surface area (Å²) in [4.78, 5) is 0. The molecule has 0 saturated carbocycles. The maximum absolute atomic E-state index is 13.0. The molecule has 0 saturated heterocycles. The summed E-state index contributed by atoms with van der Waals surface area (Å²) < 4.78 is 17.3. The number of hydrogen-bond donors (Lipinski definition) is 0. The van der Waals surface area contributed by atoms with E-state index in [0.717, 1.165) is 20.3 Å². The summed E-state index contributed by atoms with van der Waals surface area (Å²) >= 11 is 11.9. The maximum atomic E-state index is 13.0. The topological polar surface area (TPSA) is 17.8 Å². The van der Waals surface area contributed by atoms with Gasteiger partial charge in [-0.3, -0.25) is 0 Å². The molecule has 1 aromatic heterocycles. The first-order chi connectivity index (χ1) is 10.6. The third-order valence-corrected chi connectivity index (χ3v) is 5.84. The average Bonchev–Trinajstić information content (AvgIpc) is 2.89. The van der Waals surface area contributed by atoms with Crippen LogP contribution < -0.4 is 0 Å². The van der Waals surface area contributed by atoms with E-state index in [1.54, 1.807) is 28.6 Å². The molecule has 0 aliphatic carbocycles. The minimum Gasteiger partial charge on any atom is -0.211 e. The largest absolute Gasteiger partial charge is 0.211 e. The fourth-order valence-corrected chi connectivity index (χ4v) is 4.37. The summed E-state index contributed by atoms with van der Waals surface area (Å²) in [7, 11) is 0. The second kappa shape index (κ2) is 7.04. The number of aromatic nitrogens is 2. The molecule has 1 heterocycles. The highest BCUT2D eigenvalue weighted by Crippen LogP contribution is 2.27. The smallest absolute Gasteiger partial charge is 0.184 e. The molecule has 0 amide bonds. The highest BCUT2D eigenvalue weighted by Gasteiger charge is 2.07. The lowest BCUT2D eigenvalue weighted by molar-refractivity contribution is 0.627. The van der Waals surface area contributed by atoms with E-state index in [4.69, 9.17) is 12.2 Å². The van der Waals surface area contributed by atoms with Gasteiger partial charge in [-0.25, -0.2) is 9.07 Å². The average molecular weight is 413 g/mol. The van der Waals surface area contributed by atoms with Gasteiger partial charge in [0, 0.05) is 10.2 Å². The zero-order valence-corrected chi connectivity index (χ0v) is 15.2. The number of thioether (sulfide) groups is 1. The van der Waals surface area contributed by atoms with Gasteiger partial charge in [-0.2, -0.15) is 0 Å². The van der Waals surface area contributed by atoms with Gasteiger partial charge in [-0.05, 0) is 54.2 Å². The van der Waals surface area contributed by atoms with Crippen LogP contribution in [0.3, 0.4) is 0 Å². The number of hydrogen-bond acceptors (Lipinski definition) is 4. The zero-order chi connectivity index (χ0) is 15.5. The highest BCUT2D eigenvalue weighted by molar-refractivity contribution is 9.10. The summed E-state index contributed by atoms with van der Waals surface area (Å²) in [6.07, 6.45) is 0. The van der Waals surface area contributed by atoms with Gasteiger partial charge in [0.15, 0.2) is 8.29 Å². The maximum Gasteiger partial charge on any atom is 0.184 e. The van der Waals surface area contributed by atoms with E-state index in [0.29, 0.717) is 3.95 Å². The van der Waals surface area contributed by atoms with Crippen molar-refractivity contribution in [3.63, 3.8) is 0 Å². The summed E-state index contributed by atoms with van der Waals surface area (Å²) in [6.45, 7) is 0. The van der Waals surface area contributed by atoms with Gasteiger partial charge < -0.3 is 0 Å². The van der Waals surface area contributed by atoms with Crippen LogP contribution in [0.25, 0.3) is 5.69 Å². The van der Waals surface area contributed by atoms with Crippen LogP contribution in [0.15, 0.2) is 57.3 Å². The van der Waals surface area contributed by atoms with E-state index in [1.165, 1.54) is 29.0 Å². The summed E-state index contributed by atoms with van der Waals surface area (Å²) in [5.41, 5.74) is 2.00. The van der Waals surface area contributed by atoms with Crippen molar-refractivity contribution in [2.45, 2.75) is 10.1 Å². The monoisotopic (exact) mass is 412 g/mol. The van der Waals surface area contributed by atoms with Crippen LogP contribution in [0.1, 0.15) is 5.56 Å². The van der Waals surface area contributed by atoms with E-state index in [-0.39, 0.29) is 5.82 Å². The van der Waals surface area contributed by atoms with Crippen LogP contribution in [-0.4, -0.2) is 9.78 Å². The first-order valence-corrected chi connectivity index (χ1v) is 9.35. The Morgan fingerprint density at radius 3 is 2.50 bits per heavy atom. The minimum absolute atomic E-state index is 0.268. The lowest BCUT2D eigenvalue weighted by atomic mass is 10.2. The molecule has 3 aromatic rings. The van der Waals surface area contributed by atoms with Gasteiger partial charge in [0.25, 0.3) is 0 Å². The Labute approximate surface area is 149 Å². The molecule has 0 unspecified atom stereocenters. The second-order valence-corrected chi connectivity index (χ2v) is 8.20. The molecule has 0 fully saturated rings. The summed E-state index contributed by atoms with van der Waals surface area (Å²) in [6, 6.07) is 14.4. The van der Waals surface area contributed by atoms with E-state index < -0.39 is 0 Å². The van der Waals surface area contributed by atoms with Gasteiger partial charge in [0.1, 0.15) is 5.82 Å². The third-order valence-electron chi connectivity index (χ3n) is 2.88. The quantitative estimate of drug-likeness (QED) is 0.394. The first-order valence-electron chi connectivity index (χ1n) is 6.35. The van der Waals surface area contributed by atoms with Crippen LogP contribution in [0.4, 0.5) is 4.39 Å². The van der Waals surface area contributed by atoms with Crippen molar-refractivity contribution >= 4 is 51.2 Å². The fraction of sp³-hybridized carbons (Fsp3) is 0.0667. The van der Waals surface area contributed by atoms with Gasteiger partial charge in [-0.15, -0.1) is 5.10 Å². The number of rotatable bonds is 4. The molecule has 0 spiro atoms. The van der Waals surface area contributed by atoms with Gasteiger partial charge >= 0.3 is 0 Å². The van der Waals surface area contributed by atoms with Crippen molar-refractivity contribution in [3.8, 4) is 5.69 Å². The molecule has 0 N–H and O–H groups in total. The Kier molecular flexibility index (Phi) is 5.07. The molecule has 2 nitrogen and oxygen atoms in total. The molecule has 0 radical (unpaired) electrons. The van der Waals surface area contributed by atoms with Crippen molar-refractivity contribution in [2.75, 3.05) is 0 Å². The SMILES string of the molecule is Fc1ccc(-n2nc(SCc3ccc(Br)cc3)sc2=S)cc1. The van der Waals surface area contributed by atoms with Crippen LogP contribution in [0.2, 0.25) is 0 Å². The first kappa shape index (κ1) is 15.9. The third kappa shape index (κ3) is 3.84. The van der Waals surface area contributed by atoms with Crippen molar-refractivity contribution in [2.24, 2.45) is 0 Å². The Morgan fingerprint density at radius 2 is 1.82 bits per heavy atom. The van der Waals surface area contributed by atoms with E-state index >= 15 is 0 Å². The van der Waals surface area contributed by atoms with Gasteiger partial charge in [0.2, 0.25) is 0 Å². The number of halogens is 2. The predicted molar refractivity (Wildman–Crippen MR) is 95.9 cm³/mol. The highest BCUT2D eigenvalue weighted by atomic mass is 79.9. The molecule has 0 atom stereocenters. The fourth-order valence-electron chi connectivity index (χ4n) is 1.79. The van der Waals surface area contributed by atoms with Crippen LogP contribution in [-0.2, 0) is 5.75 Å². The Bertz CT molecular complexity index is 825. The molecule has 0 aliphatic rings. The molecule has 112 valence electrons. The summed E-state index contributed by atoms with van der Waals surface area (Å²) in [5, 5.41) is 4.50. The second-order valence-electron chi connectivity index (χ2n) is 4.44.